The van der Waals surface area contributed by atoms with E-state index < -0.39 is 15.9 Å². The summed E-state index contributed by atoms with van der Waals surface area (Å²) in [5, 5.41) is 0. The third-order valence-electron chi connectivity index (χ3n) is 6.36. The molecule has 7 nitrogen and oxygen atoms in total. The van der Waals surface area contributed by atoms with Crippen molar-refractivity contribution < 1.29 is 30.9 Å². The average molecular weight is 572 g/mol. The van der Waals surface area contributed by atoms with E-state index in [0.29, 0.717) is 16.9 Å². The van der Waals surface area contributed by atoms with E-state index in [4.69, 9.17) is 13.3 Å². The number of benzene rings is 4. The van der Waals surface area contributed by atoms with Crippen LogP contribution in [0.1, 0.15) is 21.7 Å². The summed E-state index contributed by atoms with van der Waals surface area (Å²) in [4.78, 5) is 15.1. The molecule has 0 bridgehead atoms. The highest BCUT2D eigenvalue weighted by molar-refractivity contribution is 7.87. The molecule has 0 unspecified atom stereocenters. The molecule has 0 spiro atoms. The molecule has 9 heteroatoms. The van der Waals surface area contributed by atoms with Gasteiger partial charge in [0, 0.05) is 12.1 Å². The summed E-state index contributed by atoms with van der Waals surface area (Å²) in [7, 11) is -2.89. The zero-order valence-electron chi connectivity index (χ0n) is 22.1. The van der Waals surface area contributed by atoms with E-state index in [0.717, 1.165) is 35.4 Å². The van der Waals surface area contributed by atoms with Crippen LogP contribution in [-0.2, 0) is 23.2 Å². The summed E-state index contributed by atoms with van der Waals surface area (Å²) < 4.78 is 55.3. The number of methoxy groups -OCH3 is 1. The molecule has 1 heterocycles. The summed E-state index contributed by atoms with van der Waals surface area (Å²) in [5.74, 6) is -0.104. The molecule has 0 atom stereocenters. The highest BCUT2D eigenvalue weighted by Gasteiger charge is 2.22. The molecular formula is C32H26FNO6S. The van der Waals surface area contributed by atoms with Crippen LogP contribution in [0, 0.1) is 5.82 Å². The van der Waals surface area contributed by atoms with Gasteiger partial charge in [0.15, 0.2) is 11.5 Å². The smallest absolute Gasteiger partial charge is 0.339 e. The molecule has 5 rings (SSSR count). The minimum absolute atomic E-state index is 0.0630. The van der Waals surface area contributed by atoms with Crippen molar-refractivity contribution >= 4 is 16.0 Å². The molecule has 1 amide bonds. The van der Waals surface area contributed by atoms with Crippen molar-refractivity contribution in [3.05, 3.63) is 138 Å². The van der Waals surface area contributed by atoms with E-state index in [1.54, 1.807) is 41.3 Å². The van der Waals surface area contributed by atoms with Crippen molar-refractivity contribution in [2.45, 2.75) is 18.0 Å². The monoisotopic (exact) mass is 571 g/mol. The van der Waals surface area contributed by atoms with Crippen molar-refractivity contribution in [1.82, 2.24) is 4.90 Å². The van der Waals surface area contributed by atoms with Gasteiger partial charge in [0.25, 0.3) is 5.91 Å². The highest BCUT2D eigenvalue weighted by Crippen LogP contribution is 2.32. The topological polar surface area (TPSA) is 86.0 Å². The van der Waals surface area contributed by atoms with Gasteiger partial charge < -0.3 is 18.2 Å². The quantitative estimate of drug-likeness (QED) is 0.173. The molecule has 1 aromatic heterocycles. The number of carbonyl (C=O) groups is 1. The van der Waals surface area contributed by atoms with E-state index in [9.17, 15) is 17.6 Å². The van der Waals surface area contributed by atoms with Crippen LogP contribution in [-0.4, -0.2) is 26.3 Å². The summed E-state index contributed by atoms with van der Waals surface area (Å²) >= 11 is 0. The SMILES string of the molecule is COc1ccc(CN(Cc2ccco2)C(=O)c2ccc(-c3ccccc3)cc2)cc1OS(=O)(=O)c1ccc(F)cc1. The first-order valence-electron chi connectivity index (χ1n) is 12.7. The normalized spacial score (nSPS) is 11.2. The largest absolute Gasteiger partial charge is 0.493 e. The molecule has 0 radical (unpaired) electrons. The second-order valence-electron chi connectivity index (χ2n) is 9.16. The van der Waals surface area contributed by atoms with Crippen LogP contribution >= 0.6 is 0 Å². The van der Waals surface area contributed by atoms with Gasteiger partial charge in [-0.3, -0.25) is 4.79 Å². The zero-order chi connectivity index (χ0) is 28.8. The molecule has 0 aliphatic heterocycles. The fourth-order valence-corrected chi connectivity index (χ4v) is 5.21. The number of furan rings is 1. The molecule has 0 saturated heterocycles. The number of rotatable bonds is 10. The Labute approximate surface area is 237 Å². The molecule has 41 heavy (non-hydrogen) atoms. The van der Waals surface area contributed by atoms with Crippen LogP contribution in [0.5, 0.6) is 11.5 Å². The number of carbonyl (C=O) groups excluding carboxylic acids is 1. The summed E-state index contributed by atoms with van der Waals surface area (Å²) in [6.07, 6.45) is 1.53. The van der Waals surface area contributed by atoms with Gasteiger partial charge >= 0.3 is 10.1 Å². The molecular weight excluding hydrogens is 545 g/mol. The molecule has 0 N–H and O–H groups in total. The Morgan fingerprint density at radius 2 is 1.51 bits per heavy atom. The number of nitrogens with zero attached hydrogens (tertiary/aromatic N) is 1. The van der Waals surface area contributed by atoms with Gasteiger partial charge in [0.2, 0.25) is 0 Å². The minimum atomic E-state index is -4.28. The Hall–Kier alpha value is -4.89. The lowest BCUT2D eigenvalue weighted by atomic mass is 10.0. The third-order valence-corrected chi connectivity index (χ3v) is 7.60. The van der Waals surface area contributed by atoms with Crippen LogP contribution in [0.2, 0.25) is 0 Å². The zero-order valence-corrected chi connectivity index (χ0v) is 22.9. The van der Waals surface area contributed by atoms with E-state index in [-0.39, 0.29) is 35.4 Å². The van der Waals surface area contributed by atoms with Gasteiger partial charge in [0.1, 0.15) is 16.5 Å². The van der Waals surface area contributed by atoms with Crippen molar-refractivity contribution in [1.29, 1.82) is 0 Å². The Kier molecular flexibility index (Phi) is 8.16. The summed E-state index contributed by atoms with van der Waals surface area (Å²) in [6, 6.07) is 29.8. The van der Waals surface area contributed by atoms with Gasteiger partial charge in [-0.25, -0.2) is 4.39 Å². The van der Waals surface area contributed by atoms with Crippen LogP contribution in [0.25, 0.3) is 11.1 Å². The second-order valence-corrected chi connectivity index (χ2v) is 10.7. The lowest BCUT2D eigenvalue weighted by molar-refractivity contribution is 0.0717. The van der Waals surface area contributed by atoms with Crippen LogP contribution in [0.4, 0.5) is 4.39 Å². The first-order chi connectivity index (χ1) is 19.8. The maximum absolute atomic E-state index is 13.7. The number of amides is 1. The maximum Gasteiger partial charge on any atom is 0.339 e. The van der Waals surface area contributed by atoms with E-state index in [1.165, 1.54) is 19.4 Å². The Morgan fingerprint density at radius 1 is 0.805 bits per heavy atom. The summed E-state index contributed by atoms with van der Waals surface area (Å²) in [6.45, 7) is 0.305. The minimum Gasteiger partial charge on any atom is -0.493 e. The average Bonchev–Trinajstić information content (AvgIpc) is 3.50. The molecule has 0 fully saturated rings. The van der Waals surface area contributed by atoms with Gasteiger partial charge in [-0.05, 0) is 77.4 Å². The van der Waals surface area contributed by atoms with Crippen LogP contribution < -0.4 is 8.92 Å². The van der Waals surface area contributed by atoms with Gasteiger partial charge in [0.05, 0.1) is 19.9 Å². The second kappa shape index (κ2) is 12.1. The van der Waals surface area contributed by atoms with Crippen molar-refractivity contribution in [3.8, 4) is 22.6 Å². The third kappa shape index (κ3) is 6.64. The van der Waals surface area contributed by atoms with Gasteiger partial charge in [-0.15, -0.1) is 0 Å². The Bertz CT molecular complexity index is 1720. The molecule has 5 aromatic rings. The van der Waals surface area contributed by atoms with Crippen molar-refractivity contribution in [2.75, 3.05) is 7.11 Å². The summed E-state index contributed by atoms with van der Waals surface area (Å²) in [5.41, 5.74) is 3.11. The molecule has 0 saturated carbocycles. The van der Waals surface area contributed by atoms with Gasteiger partial charge in [-0.2, -0.15) is 8.42 Å². The number of hydrogen-bond acceptors (Lipinski definition) is 6. The predicted octanol–water partition coefficient (Wildman–Crippen LogP) is 6.70. The van der Waals surface area contributed by atoms with E-state index in [2.05, 4.69) is 0 Å². The number of hydrogen-bond donors (Lipinski definition) is 0. The van der Waals surface area contributed by atoms with Crippen molar-refractivity contribution in [3.63, 3.8) is 0 Å². The lowest BCUT2D eigenvalue weighted by Gasteiger charge is -2.23. The van der Waals surface area contributed by atoms with Crippen molar-refractivity contribution in [2.24, 2.45) is 0 Å². The molecule has 208 valence electrons. The lowest BCUT2D eigenvalue weighted by Crippen LogP contribution is -2.30. The highest BCUT2D eigenvalue weighted by atomic mass is 32.2. The molecule has 0 aliphatic carbocycles. The number of halogens is 1. The van der Waals surface area contributed by atoms with Crippen LogP contribution in [0.3, 0.4) is 0 Å². The first-order valence-corrected chi connectivity index (χ1v) is 14.1. The van der Waals surface area contributed by atoms with E-state index >= 15 is 0 Å². The Morgan fingerprint density at radius 3 is 2.17 bits per heavy atom. The van der Waals surface area contributed by atoms with Gasteiger partial charge in [-0.1, -0.05) is 48.5 Å². The van der Waals surface area contributed by atoms with Crippen LogP contribution in [0.15, 0.2) is 125 Å². The molecule has 0 aliphatic rings. The fraction of sp³-hybridized carbons (Fsp3) is 0.0938. The predicted molar refractivity (Wildman–Crippen MR) is 151 cm³/mol. The molecule has 4 aromatic carbocycles. The first kappa shape index (κ1) is 27.7. The standard InChI is InChI=1S/C32H26FNO6S/c1-38-30-18-9-23(20-31(30)40-41(36,37)29-16-14-27(33)15-17-29)21-34(22-28-8-5-19-39-28)32(35)26-12-10-25(11-13-26)24-6-3-2-4-7-24/h2-20H,21-22H2,1H3. The van der Waals surface area contributed by atoms with E-state index in [1.807, 2.05) is 42.5 Å². The maximum atomic E-state index is 13.7. The Balaban J connectivity index is 1.42. The fourth-order valence-electron chi connectivity index (χ4n) is 4.28. The number of ether oxygens (including phenoxy) is 1.